The van der Waals surface area contributed by atoms with Gasteiger partial charge in [-0.3, -0.25) is 4.98 Å². The molecule has 0 fully saturated rings. The Balaban J connectivity index is 0.000000217. The van der Waals surface area contributed by atoms with Gasteiger partial charge in [0.2, 0.25) is 0 Å². The van der Waals surface area contributed by atoms with E-state index in [0.29, 0.717) is 5.56 Å². The molecule has 6 heteroatoms. The van der Waals surface area contributed by atoms with Crippen LogP contribution >= 0.6 is 11.3 Å². The maximum absolute atomic E-state index is 8.44. The second-order valence-electron chi connectivity index (χ2n) is 14.5. The van der Waals surface area contributed by atoms with Crippen LogP contribution in [0.5, 0.6) is 0 Å². The van der Waals surface area contributed by atoms with E-state index in [1.165, 1.54) is 25.4 Å². The molecule has 265 valence electrons. The summed E-state index contributed by atoms with van der Waals surface area (Å²) in [6, 6.07) is 43.0. The van der Waals surface area contributed by atoms with Crippen molar-refractivity contribution in [3.05, 3.63) is 139 Å². The SMILES string of the molecule is [2H]C(C)(C)c1cc(-c2[c-]cccc2)ncc1[Si](C)(C)C.[2H]C([2H])([2H])c1ccc(-c2ccc3sc4c[c-]c(-c5nc6ccccc6n5C(C)C)cc4c3c2)cc1.[Ir]. The van der Waals surface area contributed by atoms with Crippen molar-refractivity contribution < 1.29 is 25.6 Å². The molecule has 0 unspecified atom stereocenters. The van der Waals surface area contributed by atoms with Gasteiger partial charge in [0.05, 0.1) is 24.9 Å². The normalized spacial score (nSPS) is 13.2. The number of benzene rings is 5. The Morgan fingerprint density at radius 1 is 0.788 bits per heavy atom. The van der Waals surface area contributed by atoms with Crippen molar-refractivity contribution in [2.75, 3.05) is 0 Å². The summed E-state index contributed by atoms with van der Waals surface area (Å²) in [4.78, 5) is 9.57. The van der Waals surface area contributed by atoms with Crippen LogP contribution in [0.15, 0.2) is 115 Å². The molecular weight excluding hydrogens is 847 g/mol. The van der Waals surface area contributed by atoms with Crippen molar-refractivity contribution in [1.82, 2.24) is 14.5 Å². The van der Waals surface area contributed by atoms with E-state index < -0.39 is 20.8 Å². The fourth-order valence-electron chi connectivity index (χ4n) is 6.62. The maximum atomic E-state index is 8.44. The maximum Gasteiger partial charge on any atom is 0.0799 e. The molecule has 3 aromatic heterocycles. The zero-order valence-electron chi connectivity index (χ0n) is 34.6. The zero-order chi connectivity index (χ0) is 39.3. The molecule has 8 rings (SSSR count). The Bertz CT molecular complexity index is 2640. The van der Waals surface area contributed by atoms with E-state index in [0.717, 1.165) is 50.4 Å². The Morgan fingerprint density at radius 2 is 1.52 bits per heavy atom. The summed E-state index contributed by atoms with van der Waals surface area (Å²) in [5.41, 5.74) is 8.52. The smallest absolute Gasteiger partial charge is 0.0799 e. The van der Waals surface area contributed by atoms with Gasteiger partial charge in [-0.2, -0.15) is 11.3 Å². The number of aryl methyl sites for hydroxylation is 1. The molecule has 0 spiro atoms. The van der Waals surface area contributed by atoms with Crippen LogP contribution in [-0.4, -0.2) is 22.6 Å². The molecule has 0 saturated heterocycles. The minimum atomic E-state index is -2.09. The largest absolute Gasteiger partial charge is 0.362 e. The van der Waals surface area contributed by atoms with Crippen molar-refractivity contribution >= 4 is 55.8 Å². The van der Waals surface area contributed by atoms with Crippen LogP contribution in [0.3, 0.4) is 0 Å². The van der Waals surface area contributed by atoms with E-state index in [1.54, 1.807) is 23.5 Å². The van der Waals surface area contributed by atoms with Gasteiger partial charge in [-0.05, 0) is 83.0 Å². The summed E-state index contributed by atoms with van der Waals surface area (Å²) in [5.74, 6) is 0.320. The van der Waals surface area contributed by atoms with Crippen LogP contribution in [0.2, 0.25) is 19.6 Å². The molecule has 0 atom stereocenters. The van der Waals surface area contributed by atoms with Gasteiger partial charge in [0.15, 0.2) is 0 Å². The molecule has 1 radical (unpaired) electrons. The van der Waals surface area contributed by atoms with Crippen molar-refractivity contribution in [2.24, 2.45) is 0 Å². The Morgan fingerprint density at radius 3 is 2.21 bits per heavy atom. The van der Waals surface area contributed by atoms with Crippen molar-refractivity contribution in [3.63, 3.8) is 0 Å². The van der Waals surface area contributed by atoms with Crippen molar-refractivity contribution in [1.29, 1.82) is 0 Å². The number of hydrogen-bond acceptors (Lipinski definition) is 3. The molecule has 0 aliphatic carbocycles. The topological polar surface area (TPSA) is 30.7 Å². The molecular formula is C46H45IrN3SSi-2. The molecule has 0 saturated carbocycles. The third kappa shape index (κ3) is 7.63. The monoisotopic (exact) mass is 896 g/mol. The number of aromatic nitrogens is 3. The molecule has 5 aromatic carbocycles. The molecule has 0 N–H and O–H groups in total. The summed E-state index contributed by atoms with van der Waals surface area (Å²) >= 11 is 1.76. The van der Waals surface area contributed by atoms with E-state index in [1.807, 2.05) is 62.5 Å². The van der Waals surface area contributed by atoms with Gasteiger partial charge in [0.25, 0.3) is 0 Å². The van der Waals surface area contributed by atoms with E-state index in [-0.39, 0.29) is 26.1 Å². The molecule has 3 heterocycles. The van der Waals surface area contributed by atoms with E-state index in [4.69, 9.17) is 10.5 Å². The second-order valence-corrected chi connectivity index (χ2v) is 20.7. The van der Waals surface area contributed by atoms with Crippen LogP contribution in [0.25, 0.3) is 65.0 Å². The van der Waals surface area contributed by atoms with Gasteiger partial charge in [-0.1, -0.05) is 98.5 Å². The summed E-state index contributed by atoms with van der Waals surface area (Å²) < 4.78 is 36.0. The number of imidazole rings is 1. The number of hydrogen-bond donors (Lipinski definition) is 0. The standard InChI is InChI=1S/C29H23N2S.C17H22NSi.Ir/c1-18(2)31-26-7-5-4-6-25(26)30-29(31)22-13-15-28-24(17-22)23-16-21(12-14-27(23)32-28)20-10-8-19(3)9-11-20;1-13(2)15-11-16(14-9-7-6-8-10-14)18-12-17(15)19(3,4)5;/h4-12,14-18H,1-3H3;6-9,11-13H,1-5H3;/q2*-1;/i3D3;13D;. The first kappa shape index (κ1) is 32.5. The van der Waals surface area contributed by atoms with Gasteiger partial charge in [0, 0.05) is 42.5 Å². The van der Waals surface area contributed by atoms with E-state index in [9.17, 15) is 0 Å². The average molecular weight is 896 g/mol. The third-order valence-electron chi connectivity index (χ3n) is 9.21. The number of thiophene rings is 1. The minimum Gasteiger partial charge on any atom is -0.362 e. The van der Waals surface area contributed by atoms with Crippen LogP contribution in [-0.2, 0) is 20.1 Å². The molecule has 0 aliphatic rings. The number of para-hydroxylation sites is 2. The Hall–Kier alpha value is -4.19. The van der Waals surface area contributed by atoms with Crippen LogP contribution in [0.1, 0.15) is 56.2 Å². The van der Waals surface area contributed by atoms with Gasteiger partial charge in [-0.15, -0.1) is 59.7 Å². The zero-order valence-corrected chi connectivity index (χ0v) is 34.8. The van der Waals surface area contributed by atoms with Gasteiger partial charge in [0.1, 0.15) is 0 Å². The number of fused-ring (bicyclic) bond motifs is 4. The number of pyridine rings is 1. The molecule has 52 heavy (non-hydrogen) atoms. The molecule has 8 aromatic rings. The van der Waals surface area contributed by atoms with E-state index >= 15 is 0 Å². The average Bonchev–Trinajstić information content (AvgIpc) is 3.72. The number of nitrogens with zero attached hydrogens (tertiary/aromatic N) is 3. The van der Waals surface area contributed by atoms with Crippen molar-refractivity contribution in [3.8, 4) is 33.8 Å². The van der Waals surface area contributed by atoms with Crippen LogP contribution in [0.4, 0.5) is 0 Å². The minimum absolute atomic E-state index is 0. The van der Waals surface area contributed by atoms with Gasteiger partial charge in [-0.25, -0.2) is 0 Å². The summed E-state index contributed by atoms with van der Waals surface area (Å²) in [7, 11) is -1.50. The second kappa shape index (κ2) is 15.4. The number of rotatable bonds is 6. The molecule has 0 aliphatic heterocycles. The van der Waals surface area contributed by atoms with E-state index in [2.05, 4.69) is 110 Å². The van der Waals surface area contributed by atoms with Gasteiger partial charge >= 0.3 is 0 Å². The fraction of sp³-hybridized carbons (Fsp3) is 0.217. The predicted octanol–water partition coefficient (Wildman–Crippen LogP) is 12.6. The molecule has 0 bridgehead atoms. The first-order chi connectivity index (χ1) is 26.0. The molecule has 3 nitrogen and oxygen atoms in total. The van der Waals surface area contributed by atoms with Crippen LogP contribution in [0, 0.1) is 19.0 Å². The van der Waals surface area contributed by atoms with Crippen molar-refractivity contribution in [2.45, 2.75) is 66.1 Å². The summed E-state index contributed by atoms with van der Waals surface area (Å²) in [6.45, 7) is 13.1. The van der Waals surface area contributed by atoms with Gasteiger partial charge < -0.3 is 9.55 Å². The first-order valence-corrected chi connectivity index (χ1v) is 21.7. The van der Waals surface area contributed by atoms with Crippen LogP contribution < -0.4 is 5.19 Å². The quantitative estimate of drug-likeness (QED) is 0.123. The summed E-state index contributed by atoms with van der Waals surface area (Å²) in [6.07, 6.45) is 1.98. The summed E-state index contributed by atoms with van der Waals surface area (Å²) in [5, 5.41) is 3.64. The fourth-order valence-corrected chi connectivity index (χ4v) is 9.25. The molecule has 0 amide bonds. The Kier molecular flexibility index (Phi) is 9.62. The predicted molar refractivity (Wildman–Crippen MR) is 223 cm³/mol. The third-order valence-corrected chi connectivity index (χ3v) is 12.4. The Labute approximate surface area is 332 Å². The first-order valence-electron chi connectivity index (χ1n) is 19.4.